The maximum Gasteiger partial charge on any atom is 0.234 e. The molecule has 13 heteroatoms. The number of pyridine rings is 1. The summed E-state index contributed by atoms with van der Waals surface area (Å²) in [6.07, 6.45) is 1.28. The van der Waals surface area contributed by atoms with Crippen LogP contribution in [0.15, 0.2) is 17.6 Å². The number of nitrogens with two attached hydrogens (primary N) is 1. The SMILES string of the molecule is CN1CC(F)CNC1C(C(=O)Nc1cncc(F)c1N1CCN2C(=O)CCC[C@@H]2C1)C(N)N=O. The van der Waals surface area contributed by atoms with Crippen molar-refractivity contribution in [2.24, 2.45) is 16.8 Å². The molecule has 4 heterocycles. The van der Waals surface area contributed by atoms with Crippen LogP contribution in [0.4, 0.5) is 20.2 Å². The van der Waals surface area contributed by atoms with Gasteiger partial charge in [0.15, 0.2) is 12.0 Å². The molecule has 11 nitrogen and oxygen atoms in total. The van der Waals surface area contributed by atoms with E-state index >= 15 is 0 Å². The predicted molar refractivity (Wildman–Crippen MR) is 121 cm³/mol. The zero-order chi connectivity index (χ0) is 24.4. The van der Waals surface area contributed by atoms with Crippen molar-refractivity contribution < 1.29 is 18.4 Å². The normalized spacial score (nSPS) is 27.6. The number of piperidine rings is 1. The van der Waals surface area contributed by atoms with Gasteiger partial charge in [0.25, 0.3) is 0 Å². The fraction of sp³-hybridized carbons (Fsp3) is 0.667. The van der Waals surface area contributed by atoms with Crippen LogP contribution in [0.5, 0.6) is 0 Å². The van der Waals surface area contributed by atoms with E-state index in [0.717, 1.165) is 19.0 Å². The molecule has 5 atom stereocenters. The maximum atomic E-state index is 15.0. The second kappa shape index (κ2) is 10.2. The summed E-state index contributed by atoms with van der Waals surface area (Å²) in [6, 6.07) is -0.0275. The van der Waals surface area contributed by atoms with E-state index in [4.69, 9.17) is 5.73 Å². The van der Waals surface area contributed by atoms with Crippen molar-refractivity contribution in [3.63, 3.8) is 0 Å². The Labute approximate surface area is 196 Å². The lowest BCUT2D eigenvalue weighted by atomic mass is 9.97. The van der Waals surface area contributed by atoms with E-state index in [0.29, 0.717) is 26.1 Å². The van der Waals surface area contributed by atoms with Crippen molar-refractivity contribution in [3.05, 3.63) is 23.1 Å². The number of hydrogen-bond acceptors (Lipinski definition) is 9. The summed E-state index contributed by atoms with van der Waals surface area (Å²) in [5.41, 5.74) is 6.16. The number of nitrogens with one attached hydrogen (secondary N) is 2. The molecule has 0 saturated carbocycles. The number of rotatable bonds is 6. The third-order valence-electron chi connectivity index (χ3n) is 6.82. The van der Waals surface area contributed by atoms with Gasteiger partial charge in [0, 0.05) is 45.2 Å². The topological polar surface area (TPSA) is 136 Å². The molecule has 0 radical (unpaired) electrons. The second-order valence-electron chi connectivity index (χ2n) is 9.10. The summed E-state index contributed by atoms with van der Waals surface area (Å²) in [5, 5.41) is 8.40. The Kier molecular flexibility index (Phi) is 7.33. The fourth-order valence-electron chi connectivity index (χ4n) is 5.17. The van der Waals surface area contributed by atoms with Crippen LogP contribution in [0.2, 0.25) is 0 Å². The molecular weight excluding hydrogens is 450 g/mol. The summed E-state index contributed by atoms with van der Waals surface area (Å²) in [5.74, 6) is -2.32. The first-order valence-corrected chi connectivity index (χ1v) is 11.4. The van der Waals surface area contributed by atoms with Gasteiger partial charge in [-0.15, -0.1) is 4.91 Å². The Balaban J connectivity index is 1.56. The van der Waals surface area contributed by atoms with Crippen LogP contribution < -0.4 is 21.3 Å². The average Bonchev–Trinajstić information content (AvgIpc) is 2.80. The van der Waals surface area contributed by atoms with Crippen molar-refractivity contribution in [1.29, 1.82) is 0 Å². The highest BCUT2D eigenvalue weighted by Crippen LogP contribution is 2.33. The summed E-state index contributed by atoms with van der Waals surface area (Å²) in [6.45, 7) is 1.35. The highest BCUT2D eigenvalue weighted by atomic mass is 19.1. The molecule has 1 aromatic rings. The molecule has 0 aliphatic carbocycles. The van der Waals surface area contributed by atoms with Gasteiger partial charge in [-0.3, -0.25) is 24.8 Å². The number of carbonyl (C=O) groups excluding carboxylic acids is 2. The van der Waals surface area contributed by atoms with Gasteiger partial charge in [0.1, 0.15) is 17.8 Å². The second-order valence-corrected chi connectivity index (χ2v) is 9.10. The number of halogens is 2. The Morgan fingerprint density at radius 2 is 2.15 bits per heavy atom. The summed E-state index contributed by atoms with van der Waals surface area (Å²) >= 11 is 0. The molecule has 4 unspecified atom stereocenters. The van der Waals surface area contributed by atoms with E-state index in [9.17, 15) is 23.3 Å². The molecule has 0 aromatic carbocycles. The monoisotopic (exact) mass is 480 g/mol. The first-order valence-electron chi connectivity index (χ1n) is 11.4. The maximum absolute atomic E-state index is 15.0. The van der Waals surface area contributed by atoms with Crippen LogP contribution in [0.1, 0.15) is 19.3 Å². The molecule has 186 valence electrons. The van der Waals surface area contributed by atoms with Crippen LogP contribution in [-0.2, 0) is 9.59 Å². The van der Waals surface area contributed by atoms with E-state index in [1.807, 2.05) is 4.90 Å². The van der Waals surface area contributed by atoms with Crippen LogP contribution in [0, 0.1) is 16.6 Å². The summed E-state index contributed by atoms with van der Waals surface area (Å²) in [4.78, 5) is 45.8. The number of nitroso groups, excluding NO2 is 1. The smallest absolute Gasteiger partial charge is 0.234 e. The number of piperazine rings is 1. The molecule has 1 aromatic heterocycles. The van der Waals surface area contributed by atoms with E-state index in [2.05, 4.69) is 20.8 Å². The van der Waals surface area contributed by atoms with Gasteiger partial charge in [-0.05, 0) is 19.9 Å². The minimum atomic E-state index is -1.40. The van der Waals surface area contributed by atoms with Crippen LogP contribution in [0.3, 0.4) is 0 Å². The van der Waals surface area contributed by atoms with E-state index in [-0.39, 0.29) is 36.4 Å². The molecule has 3 aliphatic rings. The Hall–Kier alpha value is -2.77. The molecule has 34 heavy (non-hydrogen) atoms. The average molecular weight is 481 g/mol. The van der Waals surface area contributed by atoms with E-state index in [1.165, 1.54) is 6.20 Å². The number of alkyl halides is 1. The predicted octanol–water partition coefficient (Wildman–Crippen LogP) is 0.227. The molecule has 0 bridgehead atoms. The first-order chi connectivity index (χ1) is 16.3. The van der Waals surface area contributed by atoms with Gasteiger partial charge in [-0.2, -0.15) is 0 Å². The van der Waals surface area contributed by atoms with Crippen molar-refractivity contribution in [3.8, 4) is 0 Å². The number of amides is 2. The van der Waals surface area contributed by atoms with Crippen LogP contribution in [-0.4, -0.2) is 90.9 Å². The largest absolute Gasteiger partial charge is 0.364 e. The Morgan fingerprint density at radius 3 is 2.88 bits per heavy atom. The zero-order valence-corrected chi connectivity index (χ0v) is 19.0. The minimum absolute atomic E-state index is 0.00151. The number of carbonyl (C=O) groups is 2. The lowest BCUT2D eigenvalue weighted by Crippen LogP contribution is -2.62. The number of fused-ring (bicyclic) bond motifs is 1. The zero-order valence-electron chi connectivity index (χ0n) is 19.0. The number of nitrogens with zero attached hydrogens (tertiary/aromatic N) is 5. The number of hydrogen-bond donors (Lipinski definition) is 3. The molecule has 2 amide bonds. The van der Waals surface area contributed by atoms with Gasteiger partial charge in [0.2, 0.25) is 11.8 Å². The fourth-order valence-corrected chi connectivity index (χ4v) is 5.17. The highest BCUT2D eigenvalue weighted by Gasteiger charge is 2.41. The van der Waals surface area contributed by atoms with Crippen LogP contribution >= 0.6 is 0 Å². The third-order valence-corrected chi connectivity index (χ3v) is 6.82. The Morgan fingerprint density at radius 1 is 1.35 bits per heavy atom. The highest BCUT2D eigenvalue weighted by molar-refractivity contribution is 5.96. The van der Waals surface area contributed by atoms with Crippen molar-refractivity contribution in [2.75, 3.05) is 50.0 Å². The Bertz CT molecular complexity index is 937. The lowest BCUT2D eigenvalue weighted by molar-refractivity contribution is -0.136. The standard InChI is InChI=1S/C21H30F2N8O3/c1-29-10-12(22)7-26-20(29)17(19(24)28-34)21(33)27-15-9-25-8-14(23)18(15)30-5-6-31-13(11-30)3-2-4-16(31)32/h8-9,12-13,17,19-20,26H,2-7,10-11,24H2,1H3,(H,27,33)/t12?,13-,17?,19?,20?/m1/s1. The van der Waals surface area contributed by atoms with Gasteiger partial charge in [-0.1, -0.05) is 5.18 Å². The summed E-state index contributed by atoms with van der Waals surface area (Å²) < 4.78 is 28.7. The molecule has 4 rings (SSSR count). The molecule has 0 spiro atoms. The quantitative estimate of drug-likeness (QED) is 0.492. The van der Waals surface area contributed by atoms with Gasteiger partial charge < -0.3 is 20.9 Å². The van der Waals surface area contributed by atoms with Gasteiger partial charge in [-0.25, -0.2) is 8.78 Å². The summed E-state index contributed by atoms with van der Waals surface area (Å²) in [7, 11) is 1.61. The van der Waals surface area contributed by atoms with Gasteiger partial charge in [0.05, 0.1) is 24.2 Å². The van der Waals surface area contributed by atoms with Crippen molar-refractivity contribution in [1.82, 2.24) is 20.1 Å². The number of aromatic nitrogens is 1. The lowest BCUT2D eigenvalue weighted by Gasteiger charge is -2.45. The van der Waals surface area contributed by atoms with Crippen molar-refractivity contribution >= 4 is 23.2 Å². The minimum Gasteiger partial charge on any atom is -0.364 e. The molecule has 3 fully saturated rings. The van der Waals surface area contributed by atoms with E-state index in [1.54, 1.807) is 16.8 Å². The van der Waals surface area contributed by atoms with Crippen LogP contribution in [0.25, 0.3) is 0 Å². The molecule has 4 N–H and O–H groups in total. The first kappa shape index (κ1) is 24.4. The number of anilines is 2. The third kappa shape index (κ3) is 4.86. The van der Waals surface area contributed by atoms with Gasteiger partial charge >= 0.3 is 0 Å². The molecule has 3 aliphatic heterocycles. The molecule has 3 saturated heterocycles. The van der Waals surface area contributed by atoms with Crippen molar-refractivity contribution in [2.45, 2.75) is 43.8 Å². The van der Waals surface area contributed by atoms with E-state index < -0.39 is 36.1 Å². The molecular formula is C21H30F2N8O3.